The summed E-state index contributed by atoms with van der Waals surface area (Å²) in [5.41, 5.74) is 1.95. The highest BCUT2D eigenvalue weighted by Gasteiger charge is 2.01. The molecule has 0 aliphatic rings. The van der Waals surface area contributed by atoms with E-state index in [0.29, 0.717) is 13.2 Å². The number of hydrogen-bond donors (Lipinski definition) is 2. The summed E-state index contributed by atoms with van der Waals surface area (Å²) in [5, 5.41) is 5.78. The summed E-state index contributed by atoms with van der Waals surface area (Å²) in [7, 11) is 1.60. The number of nitrogens with one attached hydrogen (secondary N) is 2. The van der Waals surface area contributed by atoms with Crippen molar-refractivity contribution in [2.45, 2.75) is 6.92 Å². The predicted molar refractivity (Wildman–Crippen MR) is 62.3 cm³/mol. The highest BCUT2D eigenvalue weighted by atomic mass is 16.5. The van der Waals surface area contributed by atoms with Gasteiger partial charge in [-0.2, -0.15) is 0 Å². The molecule has 1 aromatic heterocycles. The molecule has 0 saturated heterocycles. The molecule has 0 fully saturated rings. The molecule has 0 aromatic carbocycles. The van der Waals surface area contributed by atoms with Gasteiger partial charge in [-0.3, -0.25) is 9.78 Å². The topological polar surface area (TPSA) is 63.2 Å². The first-order valence-corrected chi connectivity index (χ1v) is 5.14. The lowest BCUT2D eigenvalue weighted by molar-refractivity contribution is -0.119. The molecule has 5 nitrogen and oxygen atoms in total. The standard InChI is InChI=1S/C11H17N3O2/c1-9-7-12-4-3-10(9)14-8-11(15)13-5-6-16-2/h3-4,7H,5-6,8H2,1-2H3,(H,12,14)(H,13,15). The summed E-state index contributed by atoms with van der Waals surface area (Å²) < 4.78 is 4.83. The first-order valence-electron chi connectivity index (χ1n) is 5.14. The molecular weight excluding hydrogens is 206 g/mol. The number of pyridine rings is 1. The molecule has 16 heavy (non-hydrogen) atoms. The zero-order valence-electron chi connectivity index (χ0n) is 9.62. The minimum atomic E-state index is -0.0479. The normalized spacial score (nSPS) is 9.88. The zero-order chi connectivity index (χ0) is 11.8. The Labute approximate surface area is 95.2 Å². The summed E-state index contributed by atoms with van der Waals surface area (Å²) in [6.45, 7) is 3.26. The number of carbonyl (C=O) groups is 1. The summed E-state index contributed by atoms with van der Waals surface area (Å²) in [4.78, 5) is 15.3. The molecular formula is C11H17N3O2. The number of ether oxygens (including phenoxy) is 1. The number of anilines is 1. The van der Waals surface area contributed by atoms with Gasteiger partial charge in [0.15, 0.2) is 0 Å². The van der Waals surface area contributed by atoms with Crippen molar-refractivity contribution in [3.63, 3.8) is 0 Å². The van der Waals surface area contributed by atoms with Gasteiger partial charge in [0.25, 0.3) is 0 Å². The largest absolute Gasteiger partial charge is 0.383 e. The van der Waals surface area contributed by atoms with E-state index in [1.54, 1.807) is 19.5 Å². The van der Waals surface area contributed by atoms with Crippen molar-refractivity contribution in [2.75, 3.05) is 32.1 Å². The van der Waals surface area contributed by atoms with Gasteiger partial charge in [-0.1, -0.05) is 0 Å². The van der Waals surface area contributed by atoms with Gasteiger partial charge in [0.2, 0.25) is 5.91 Å². The van der Waals surface area contributed by atoms with Crippen LogP contribution in [0.4, 0.5) is 5.69 Å². The quantitative estimate of drug-likeness (QED) is 0.692. The van der Waals surface area contributed by atoms with Crippen LogP contribution in [-0.2, 0) is 9.53 Å². The fraction of sp³-hybridized carbons (Fsp3) is 0.455. The van der Waals surface area contributed by atoms with Crippen LogP contribution >= 0.6 is 0 Å². The van der Waals surface area contributed by atoms with Gasteiger partial charge in [-0.05, 0) is 18.6 Å². The summed E-state index contributed by atoms with van der Waals surface area (Å²) in [6, 6.07) is 1.85. The fourth-order valence-corrected chi connectivity index (χ4v) is 1.20. The van der Waals surface area contributed by atoms with E-state index in [9.17, 15) is 4.79 Å². The average Bonchev–Trinajstić information content (AvgIpc) is 2.28. The highest BCUT2D eigenvalue weighted by molar-refractivity contribution is 5.80. The molecule has 0 bridgehead atoms. The maximum atomic E-state index is 11.4. The van der Waals surface area contributed by atoms with Gasteiger partial charge in [0.05, 0.1) is 13.2 Å². The van der Waals surface area contributed by atoms with E-state index < -0.39 is 0 Å². The molecule has 1 aromatic rings. The smallest absolute Gasteiger partial charge is 0.239 e. The first-order chi connectivity index (χ1) is 7.74. The van der Waals surface area contributed by atoms with Crippen molar-refractivity contribution in [1.29, 1.82) is 0 Å². The van der Waals surface area contributed by atoms with Crippen LogP contribution in [0.25, 0.3) is 0 Å². The molecule has 2 N–H and O–H groups in total. The van der Waals surface area contributed by atoms with E-state index in [1.807, 2.05) is 13.0 Å². The number of aromatic nitrogens is 1. The second-order valence-corrected chi connectivity index (χ2v) is 3.39. The second-order valence-electron chi connectivity index (χ2n) is 3.39. The van der Waals surface area contributed by atoms with Crippen LogP contribution in [0.15, 0.2) is 18.5 Å². The Hall–Kier alpha value is -1.62. The van der Waals surface area contributed by atoms with E-state index in [4.69, 9.17) is 4.74 Å². The van der Waals surface area contributed by atoms with Crippen molar-refractivity contribution in [3.05, 3.63) is 24.0 Å². The third kappa shape index (κ3) is 4.27. The third-order valence-corrected chi connectivity index (χ3v) is 2.09. The van der Waals surface area contributed by atoms with Crippen LogP contribution in [-0.4, -0.2) is 37.7 Å². The minimum Gasteiger partial charge on any atom is -0.383 e. The van der Waals surface area contributed by atoms with E-state index in [2.05, 4.69) is 15.6 Å². The van der Waals surface area contributed by atoms with Crippen LogP contribution in [0.2, 0.25) is 0 Å². The average molecular weight is 223 g/mol. The molecule has 1 heterocycles. The van der Waals surface area contributed by atoms with Crippen LogP contribution < -0.4 is 10.6 Å². The molecule has 0 radical (unpaired) electrons. The van der Waals surface area contributed by atoms with Crippen molar-refractivity contribution in [3.8, 4) is 0 Å². The van der Waals surface area contributed by atoms with E-state index in [-0.39, 0.29) is 12.5 Å². The number of methoxy groups -OCH3 is 1. The SMILES string of the molecule is COCCNC(=O)CNc1ccncc1C. The maximum Gasteiger partial charge on any atom is 0.239 e. The fourth-order valence-electron chi connectivity index (χ4n) is 1.20. The number of hydrogen-bond acceptors (Lipinski definition) is 4. The lowest BCUT2D eigenvalue weighted by Crippen LogP contribution is -2.32. The second kappa shape index (κ2) is 6.79. The van der Waals surface area contributed by atoms with Crippen LogP contribution in [0.3, 0.4) is 0 Å². The van der Waals surface area contributed by atoms with Crippen molar-refractivity contribution in [2.24, 2.45) is 0 Å². The van der Waals surface area contributed by atoms with E-state index in [1.165, 1.54) is 0 Å². The van der Waals surface area contributed by atoms with Crippen molar-refractivity contribution in [1.82, 2.24) is 10.3 Å². The lowest BCUT2D eigenvalue weighted by atomic mass is 10.2. The zero-order valence-corrected chi connectivity index (χ0v) is 9.62. The predicted octanol–water partition coefficient (Wildman–Crippen LogP) is 0.565. The van der Waals surface area contributed by atoms with Crippen LogP contribution in [0.5, 0.6) is 0 Å². The van der Waals surface area contributed by atoms with Crippen molar-refractivity contribution < 1.29 is 9.53 Å². The van der Waals surface area contributed by atoms with Gasteiger partial charge in [0.1, 0.15) is 0 Å². The molecule has 0 unspecified atom stereocenters. The van der Waals surface area contributed by atoms with Crippen LogP contribution in [0, 0.1) is 6.92 Å². The Kier molecular flexibility index (Phi) is 5.28. The maximum absolute atomic E-state index is 11.4. The monoisotopic (exact) mass is 223 g/mol. The Morgan fingerprint density at radius 2 is 2.38 bits per heavy atom. The summed E-state index contributed by atoms with van der Waals surface area (Å²) >= 11 is 0. The number of aryl methyl sites for hydroxylation is 1. The molecule has 0 aliphatic carbocycles. The molecule has 0 spiro atoms. The lowest BCUT2D eigenvalue weighted by Gasteiger charge is -2.09. The van der Waals surface area contributed by atoms with Crippen LogP contribution in [0.1, 0.15) is 5.56 Å². The number of amides is 1. The molecule has 88 valence electrons. The molecule has 1 rings (SSSR count). The van der Waals surface area contributed by atoms with E-state index >= 15 is 0 Å². The van der Waals surface area contributed by atoms with Crippen molar-refractivity contribution >= 4 is 11.6 Å². The van der Waals surface area contributed by atoms with Gasteiger partial charge in [0, 0.05) is 31.7 Å². The van der Waals surface area contributed by atoms with Gasteiger partial charge >= 0.3 is 0 Å². The Morgan fingerprint density at radius 1 is 1.56 bits per heavy atom. The first kappa shape index (κ1) is 12.4. The van der Waals surface area contributed by atoms with E-state index in [0.717, 1.165) is 11.3 Å². The van der Waals surface area contributed by atoms with Gasteiger partial charge in [-0.25, -0.2) is 0 Å². The number of rotatable bonds is 6. The minimum absolute atomic E-state index is 0.0479. The molecule has 0 saturated carbocycles. The molecule has 0 aliphatic heterocycles. The summed E-state index contributed by atoms with van der Waals surface area (Å²) in [6.07, 6.45) is 3.45. The summed E-state index contributed by atoms with van der Waals surface area (Å²) in [5.74, 6) is -0.0479. The number of carbonyl (C=O) groups excluding carboxylic acids is 1. The molecule has 0 atom stereocenters. The Bertz CT molecular complexity index is 342. The Balaban J connectivity index is 2.29. The molecule has 1 amide bonds. The van der Waals surface area contributed by atoms with Gasteiger partial charge in [-0.15, -0.1) is 0 Å². The molecule has 5 heteroatoms. The third-order valence-electron chi connectivity index (χ3n) is 2.09. The van der Waals surface area contributed by atoms with Gasteiger partial charge < -0.3 is 15.4 Å². The number of nitrogens with zero attached hydrogens (tertiary/aromatic N) is 1. The highest BCUT2D eigenvalue weighted by Crippen LogP contribution is 2.10. The Morgan fingerprint density at radius 3 is 3.06 bits per heavy atom.